The van der Waals surface area contributed by atoms with E-state index in [1.807, 2.05) is 0 Å². The second-order valence-corrected chi connectivity index (χ2v) is 4.40. The van der Waals surface area contributed by atoms with Gasteiger partial charge in [-0.25, -0.2) is 0 Å². The average Bonchev–Trinajstić information content (AvgIpc) is 3.05. The third kappa shape index (κ3) is 3.53. The van der Waals surface area contributed by atoms with Gasteiger partial charge in [-0.1, -0.05) is 6.08 Å². The predicted octanol–water partition coefficient (Wildman–Crippen LogP) is 2.76. The van der Waals surface area contributed by atoms with Gasteiger partial charge in [0.2, 0.25) is 11.5 Å². The van der Waals surface area contributed by atoms with E-state index in [1.54, 1.807) is 37.5 Å². The van der Waals surface area contributed by atoms with Crippen LogP contribution >= 0.6 is 0 Å². The van der Waals surface area contributed by atoms with Gasteiger partial charge < -0.3 is 4.42 Å². The summed E-state index contributed by atoms with van der Waals surface area (Å²) in [7, 11) is 1.52. The molecule has 0 fully saturated rings. The fourth-order valence-electron chi connectivity index (χ4n) is 1.72. The van der Waals surface area contributed by atoms with Crippen molar-refractivity contribution in [1.29, 1.82) is 0 Å². The third-order valence-corrected chi connectivity index (χ3v) is 2.65. The maximum absolute atomic E-state index is 12.0. The molecule has 108 valence electrons. The van der Waals surface area contributed by atoms with Crippen LogP contribution in [0.5, 0.6) is 0 Å². The topological polar surface area (TPSA) is 91.2 Å². The molecular formula is C14H13N3O4. The Kier molecular flexibility index (Phi) is 4.13. The van der Waals surface area contributed by atoms with Crippen LogP contribution in [0.15, 0.2) is 46.7 Å². The fourth-order valence-corrected chi connectivity index (χ4v) is 1.72. The van der Waals surface area contributed by atoms with Gasteiger partial charge in [-0.2, -0.15) is 5.10 Å². The van der Waals surface area contributed by atoms with E-state index in [4.69, 9.17) is 4.42 Å². The number of carbonyl (C=O) groups is 1. The Balaban J connectivity index is 2.18. The lowest BCUT2D eigenvalue weighted by Gasteiger charge is -1.92. The van der Waals surface area contributed by atoms with E-state index in [0.717, 1.165) is 5.57 Å². The SMILES string of the molecule is CC(/C=C/C(=O)c1nn(C)cc1[N+](=O)[O-])=C\c1ccco1. The summed E-state index contributed by atoms with van der Waals surface area (Å²) in [6, 6.07) is 3.54. The van der Waals surface area contributed by atoms with E-state index in [1.165, 1.54) is 24.0 Å². The second kappa shape index (κ2) is 6.00. The molecule has 21 heavy (non-hydrogen) atoms. The van der Waals surface area contributed by atoms with Crippen molar-refractivity contribution in [3.8, 4) is 0 Å². The first-order valence-electron chi connectivity index (χ1n) is 6.09. The van der Waals surface area contributed by atoms with Crippen molar-refractivity contribution in [3.05, 3.63) is 63.9 Å². The molecule has 0 radical (unpaired) electrons. The molecule has 0 aromatic carbocycles. The summed E-state index contributed by atoms with van der Waals surface area (Å²) in [6.07, 6.45) is 7.31. The van der Waals surface area contributed by atoms with Crippen molar-refractivity contribution in [2.75, 3.05) is 0 Å². The highest BCUT2D eigenvalue weighted by Crippen LogP contribution is 2.17. The number of furan rings is 1. The van der Waals surface area contributed by atoms with Crippen molar-refractivity contribution < 1.29 is 14.1 Å². The van der Waals surface area contributed by atoms with Crippen LogP contribution in [0.1, 0.15) is 23.2 Å². The van der Waals surface area contributed by atoms with E-state index < -0.39 is 10.7 Å². The summed E-state index contributed by atoms with van der Waals surface area (Å²) in [5, 5.41) is 14.7. The summed E-state index contributed by atoms with van der Waals surface area (Å²) < 4.78 is 6.39. The molecule has 2 heterocycles. The number of rotatable bonds is 5. The van der Waals surface area contributed by atoms with Crippen LogP contribution in [-0.2, 0) is 7.05 Å². The van der Waals surface area contributed by atoms with Crippen molar-refractivity contribution in [3.63, 3.8) is 0 Å². The van der Waals surface area contributed by atoms with Crippen LogP contribution in [0.3, 0.4) is 0 Å². The number of allylic oxidation sites excluding steroid dienone is 3. The molecule has 2 aromatic heterocycles. The third-order valence-electron chi connectivity index (χ3n) is 2.65. The largest absolute Gasteiger partial charge is 0.465 e. The minimum absolute atomic E-state index is 0.176. The predicted molar refractivity (Wildman–Crippen MR) is 75.7 cm³/mol. The summed E-state index contributed by atoms with van der Waals surface area (Å²) in [4.78, 5) is 22.2. The molecule has 0 atom stereocenters. The molecule has 0 aliphatic rings. The summed E-state index contributed by atoms with van der Waals surface area (Å²) in [6.45, 7) is 1.79. The standard InChI is InChI=1S/C14H13N3O4/c1-10(8-11-4-3-7-21-11)5-6-13(18)14-12(17(19)20)9-16(2)15-14/h3-9H,1-2H3/b6-5+,10-8+. The lowest BCUT2D eigenvalue weighted by Crippen LogP contribution is -2.01. The lowest BCUT2D eigenvalue weighted by atomic mass is 10.2. The Labute approximate surface area is 120 Å². The monoisotopic (exact) mass is 287 g/mol. The molecular weight excluding hydrogens is 274 g/mol. The van der Waals surface area contributed by atoms with Crippen LogP contribution in [0, 0.1) is 10.1 Å². The average molecular weight is 287 g/mol. The lowest BCUT2D eigenvalue weighted by molar-refractivity contribution is -0.385. The molecule has 7 heteroatoms. The Hall–Kier alpha value is -2.96. The van der Waals surface area contributed by atoms with E-state index >= 15 is 0 Å². The first kappa shape index (κ1) is 14.4. The molecule has 7 nitrogen and oxygen atoms in total. The van der Waals surface area contributed by atoms with Gasteiger partial charge in [-0.3, -0.25) is 19.6 Å². The maximum atomic E-state index is 12.0. The van der Waals surface area contributed by atoms with Gasteiger partial charge in [0.05, 0.1) is 11.2 Å². The van der Waals surface area contributed by atoms with Gasteiger partial charge in [-0.15, -0.1) is 0 Å². The molecule has 0 aliphatic carbocycles. The zero-order valence-corrected chi connectivity index (χ0v) is 11.5. The number of nitrogens with zero attached hydrogens (tertiary/aromatic N) is 3. The van der Waals surface area contributed by atoms with Crippen LogP contribution in [0.4, 0.5) is 5.69 Å². The number of aryl methyl sites for hydroxylation is 1. The second-order valence-electron chi connectivity index (χ2n) is 4.40. The van der Waals surface area contributed by atoms with E-state index in [-0.39, 0.29) is 11.4 Å². The van der Waals surface area contributed by atoms with E-state index in [9.17, 15) is 14.9 Å². The van der Waals surface area contributed by atoms with Gasteiger partial charge in [-0.05, 0) is 36.8 Å². The van der Waals surface area contributed by atoms with E-state index in [2.05, 4.69) is 5.10 Å². The smallest absolute Gasteiger partial charge is 0.318 e. The first-order valence-corrected chi connectivity index (χ1v) is 6.09. The minimum atomic E-state index is -0.625. The van der Waals surface area contributed by atoms with Crippen LogP contribution in [0.25, 0.3) is 6.08 Å². The Morgan fingerprint density at radius 3 is 2.86 bits per heavy atom. The van der Waals surface area contributed by atoms with Crippen LogP contribution in [0.2, 0.25) is 0 Å². The van der Waals surface area contributed by atoms with Crippen LogP contribution < -0.4 is 0 Å². The Morgan fingerprint density at radius 2 is 2.24 bits per heavy atom. The molecule has 0 amide bonds. The first-order chi connectivity index (χ1) is 9.97. The summed E-state index contributed by atoms with van der Waals surface area (Å²) in [5.74, 6) is 0.142. The molecule has 0 unspecified atom stereocenters. The molecule has 0 saturated carbocycles. The van der Waals surface area contributed by atoms with Crippen molar-refractivity contribution in [2.24, 2.45) is 7.05 Å². The normalized spacial score (nSPS) is 12.0. The molecule has 0 N–H and O–H groups in total. The molecule has 0 spiro atoms. The zero-order chi connectivity index (χ0) is 15.4. The summed E-state index contributed by atoms with van der Waals surface area (Å²) >= 11 is 0. The fraction of sp³-hybridized carbons (Fsp3) is 0.143. The van der Waals surface area contributed by atoms with Crippen molar-refractivity contribution in [2.45, 2.75) is 6.92 Å². The quantitative estimate of drug-likeness (QED) is 0.277. The van der Waals surface area contributed by atoms with E-state index in [0.29, 0.717) is 5.76 Å². The molecule has 0 bridgehead atoms. The summed E-state index contributed by atoms with van der Waals surface area (Å²) in [5.41, 5.74) is 0.293. The number of hydrogen-bond acceptors (Lipinski definition) is 5. The zero-order valence-electron chi connectivity index (χ0n) is 11.5. The maximum Gasteiger partial charge on any atom is 0.318 e. The molecule has 0 saturated heterocycles. The molecule has 2 aromatic rings. The van der Waals surface area contributed by atoms with Crippen molar-refractivity contribution in [1.82, 2.24) is 9.78 Å². The number of aromatic nitrogens is 2. The van der Waals surface area contributed by atoms with Crippen molar-refractivity contribution >= 4 is 17.5 Å². The highest BCUT2D eigenvalue weighted by Gasteiger charge is 2.22. The van der Waals surface area contributed by atoms with Gasteiger partial charge in [0.1, 0.15) is 12.0 Å². The Morgan fingerprint density at radius 1 is 1.48 bits per heavy atom. The highest BCUT2D eigenvalue weighted by molar-refractivity contribution is 6.06. The highest BCUT2D eigenvalue weighted by atomic mass is 16.6. The number of hydrogen-bond donors (Lipinski definition) is 0. The van der Waals surface area contributed by atoms with Gasteiger partial charge >= 0.3 is 5.69 Å². The number of ketones is 1. The molecule has 2 rings (SSSR count). The minimum Gasteiger partial charge on any atom is -0.465 e. The van der Waals surface area contributed by atoms with Gasteiger partial charge in [0.25, 0.3) is 0 Å². The number of carbonyl (C=O) groups excluding carboxylic acids is 1. The number of nitro groups is 1. The van der Waals surface area contributed by atoms with Crippen LogP contribution in [-0.4, -0.2) is 20.5 Å². The van der Waals surface area contributed by atoms with Gasteiger partial charge in [0.15, 0.2) is 0 Å². The Bertz CT molecular complexity index is 723. The molecule has 0 aliphatic heterocycles. The van der Waals surface area contributed by atoms with Gasteiger partial charge in [0, 0.05) is 7.05 Å².